The fourth-order valence-electron chi connectivity index (χ4n) is 3.36. The van der Waals surface area contributed by atoms with Crippen molar-refractivity contribution in [1.82, 2.24) is 10.2 Å². The van der Waals surface area contributed by atoms with E-state index in [9.17, 15) is 0 Å². The maximum atomic E-state index is 3.69. The zero-order valence-corrected chi connectivity index (χ0v) is 12.8. The summed E-state index contributed by atoms with van der Waals surface area (Å²) >= 11 is 0. The Hall–Kier alpha value is -0.0800. The highest BCUT2D eigenvalue weighted by molar-refractivity contribution is 4.85. The minimum absolute atomic E-state index is 0.814. The summed E-state index contributed by atoms with van der Waals surface area (Å²) in [5.74, 6) is 3.40. The average molecular weight is 252 g/mol. The number of nitrogens with one attached hydrogen (secondary N) is 1. The Kier molecular flexibility index (Phi) is 5.08. The minimum atomic E-state index is 0.814. The van der Waals surface area contributed by atoms with Gasteiger partial charge in [0, 0.05) is 19.1 Å². The minimum Gasteiger partial charge on any atom is -0.314 e. The Morgan fingerprint density at radius 3 is 2.28 bits per heavy atom. The van der Waals surface area contributed by atoms with Crippen LogP contribution in [-0.4, -0.2) is 37.1 Å². The molecule has 1 atom stereocenters. The normalized spacial score (nSPS) is 25.8. The lowest BCUT2D eigenvalue weighted by Crippen LogP contribution is -2.34. The van der Waals surface area contributed by atoms with E-state index in [-0.39, 0.29) is 0 Å². The molecule has 0 bridgehead atoms. The summed E-state index contributed by atoms with van der Waals surface area (Å²) in [5.41, 5.74) is 0. The van der Waals surface area contributed by atoms with Gasteiger partial charge in [-0.3, -0.25) is 0 Å². The molecule has 1 unspecified atom stereocenters. The molecule has 0 amide bonds. The second-order valence-corrected chi connectivity index (χ2v) is 7.25. The predicted octanol–water partition coefficient (Wildman–Crippen LogP) is 2.99. The van der Waals surface area contributed by atoms with Gasteiger partial charge in [-0.25, -0.2) is 0 Å². The van der Waals surface area contributed by atoms with Crippen molar-refractivity contribution in [3.05, 3.63) is 0 Å². The van der Waals surface area contributed by atoms with Crippen LogP contribution in [-0.2, 0) is 0 Å². The van der Waals surface area contributed by atoms with Crippen LogP contribution in [0.25, 0.3) is 0 Å². The molecule has 1 N–H and O–H groups in total. The molecule has 2 fully saturated rings. The van der Waals surface area contributed by atoms with Gasteiger partial charge in [-0.1, -0.05) is 27.7 Å². The number of hydrogen-bond acceptors (Lipinski definition) is 2. The molecular weight excluding hydrogens is 220 g/mol. The lowest BCUT2D eigenvalue weighted by atomic mass is 9.85. The van der Waals surface area contributed by atoms with Gasteiger partial charge >= 0.3 is 0 Å². The fraction of sp³-hybridized carbons (Fsp3) is 1.00. The topological polar surface area (TPSA) is 15.3 Å². The molecule has 0 aromatic carbocycles. The first-order valence-electron chi connectivity index (χ1n) is 8.02. The van der Waals surface area contributed by atoms with Crippen molar-refractivity contribution in [2.24, 2.45) is 23.7 Å². The molecule has 2 nitrogen and oxygen atoms in total. The molecule has 0 aromatic rings. The molecule has 1 aliphatic carbocycles. The quantitative estimate of drug-likeness (QED) is 0.749. The lowest BCUT2D eigenvalue weighted by Gasteiger charge is -2.29. The van der Waals surface area contributed by atoms with Crippen LogP contribution in [0.15, 0.2) is 0 Å². The van der Waals surface area contributed by atoms with E-state index in [4.69, 9.17) is 0 Å². The molecule has 1 saturated heterocycles. The molecule has 2 aliphatic rings. The van der Waals surface area contributed by atoms with Crippen LogP contribution in [0.5, 0.6) is 0 Å². The van der Waals surface area contributed by atoms with Crippen molar-refractivity contribution in [2.75, 3.05) is 26.2 Å². The van der Waals surface area contributed by atoms with Gasteiger partial charge in [0.15, 0.2) is 0 Å². The highest BCUT2D eigenvalue weighted by Gasteiger charge is 2.28. The van der Waals surface area contributed by atoms with E-state index >= 15 is 0 Å². The van der Waals surface area contributed by atoms with E-state index in [1.54, 1.807) is 0 Å². The molecule has 0 spiro atoms. The fourth-order valence-corrected chi connectivity index (χ4v) is 3.36. The van der Waals surface area contributed by atoms with Crippen molar-refractivity contribution < 1.29 is 0 Å². The first kappa shape index (κ1) is 14.3. The highest BCUT2D eigenvalue weighted by Crippen LogP contribution is 2.26. The smallest absolute Gasteiger partial charge is 0.00683 e. The highest BCUT2D eigenvalue weighted by atomic mass is 15.2. The molecule has 106 valence electrons. The first-order chi connectivity index (χ1) is 8.56. The number of nitrogens with zero attached hydrogens (tertiary/aromatic N) is 1. The van der Waals surface area contributed by atoms with Crippen LogP contribution in [0.4, 0.5) is 0 Å². The third-order valence-electron chi connectivity index (χ3n) is 4.82. The van der Waals surface area contributed by atoms with Crippen LogP contribution in [0.3, 0.4) is 0 Å². The molecule has 2 rings (SSSR count). The van der Waals surface area contributed by atoms with E-state index in [0.717, 1.165) is 29.7 Å². The molecule has 1 saturated carbocycles. The SMILES string of the molecule is CC(C)C(CN1CCC(CNC2CC2)C1)C(C)C. The molecule has 1 aliphatic heterocycles. The standard InChI is InChI=1S/C16H32N2/c1-12(2)16(13(3)4)11-18-8-7-14(10-18)9-17-15-5-6-15/h12-17H,5-11H2,1-4H3. The van der Waals surface area contributed by atoms with Gasteiger partial charge in [0.05, 0.1) is 0 Å². The van der Waals surface area contributed by atoms with E-state index < -0.39 is 0 Å². The number of hydrogen-bond donors (Lipinski definition) is 1. The summed E-state index contributed by atoms with van der Waals surface area (Å²) in [5, 5.41) is 3.69. The van der Waals surface area contributed by atoms with Crippen molar-refractivity contribution in [3.8, 4) is 0 Å². The monoisotopic (exact) mass is 252 g/mol. The second-order valence-electron chi connectivity index (χ2n) is 7.25. The third kappa shape index (κ3) is 4.24. The molecule has 18 heavy (non-hydrogen) atoms. The Balaban J connectivity index is 1.70. The van der Waals surface area contributed by atoms with Gasteiger partial charge < -0.3 is 10.2 Å². The van der Waals surface area contributed by atoms with Gasteiger partial charge in [-0.2, -0.15) is 0 Å². The summed E-state index contributed by atoms with van der Waals surface area (Å²) in [4.78, 5) is 2.71. The summed E-state index contributed by atoms with van der Waals surface area (Å²) in [6, 6.07) is 0.873. The Bertz CT molecular complexity index is 237. The predicted molar refractivity (Wildman–Crippen MR) is 78.7 cm³/mol. The van der Waals surface area contributed by atoms with E-state index in [1.165, 1.54) is 45.4 Å². The van der Waals surface area contributed by atoms with Gasteiger partial charge in [0.1, 0.15) is 0 Å². The Morgan fingerprint density at radius 2 is 1.72 bits per heavy atom. The molecule has 0 aromatic heterocycles. The largest absolute Gasteiger partial charge is 0.314 e. The summed E-state index contributed by atoms with van der Waals surface area (Å²) < 4.78 is 0. The zero-order chi connectivity index (χ0) is 13.1. The maximum Gasteiger partial charge on any atom is 0.00683 e. The Morgan fingerprint density at radius 1 is 1.06 bits per heavy atom. The molecule has 0 radical (unpaired) electrons. The van der Waals surface area contributed by atoms with E-state index in [1.807, 2.05) is 0 Å². The molecule has 2 heteroatoms. The second kappa shape index (κ2) is 6.38. The zero-order valence-electron chi connectivity index (χ0n) is 12.8. The summed E-state index contributed by atoms with van der Waals surface area (Å²) in [7, 11) is 0. The van der Waals surface area contributed by atoms with Crippen molar-refractivity contribution in [1.29, 1.82) is 0 Å². The van der Waals surface area contributed by atoms with Gasteiger partial charge in [0.2, 0.25) is 0 Å². The molecular formula is C16H32N2. The Labute approximate surface area is 114 Å². The van der Waals surface area contributed by atoms with Crippen LogP contribution in [0.2, 0.25) is 0 Å². The van der Waals surface area contributed by atoms with Crippen LogP contribution in [0, 0.1) is 23.7 Å². The maximum absolute atomic E-state index is 3.69. The van der Waals surface area contributed by atoms with Crippen LogP contribution < -0.4 is 5.32 Å². The van der Waals surface area contributed by atoms with Crippen LogP contribution >= 0.6 is 0 Å². The summed E-state index contributed by atoms with van der Waals surface area (Å²) in [6.45, 7) is 14.8. The third-order valence-corrected chi connectivity index (χ3v) is 4.82. The lowest BCUT2D eigenvalue weighted by molar-refractivity contribution is 0.186. The van der Waals surface area contributed by atoms with Crippen molar-refractivity contribution >= 4 is 0 Å². The first-order valence-corrected chi connectivity index (χ1v) is 8.02. The number of rotatable bonds is 7. The van der Waals surface area contributed by atoms with Crippen molar-refractivity contribution in [3.63, 3.8) is 0 Å². The summed E-state index contributed by atoms with van der Waals surface area (Å²) in [6.07, 6.45) is 4.24. The van der Waals surface area contributed by atoms with Gasteiger partial charge in [-0.15, -0.1) is 0 Å². The van der Waals surface area contributed by atoms with E-state index in [2.05, 4.69) is 37.9 Å². The average Bonchev–Trinajstić information content (AvgIpc) is 3.02. The van der Waals surface area contributed by atoms with Gasteiger partial charge in [-0.05, 0) is 56.0 Å². The van der Waals surface area contributed by atoms with Gasteiger partial charge in [0.25, 0.3) is 0 Å². The van der Waals surface area contributed by atoms with Crippen LogP contribution in [0.1, 0.15) is 47.0 Å². The number of likely N-dealkylation sites (tertiary alicyclic amines) is 1. The molecule has 1 heterocycles. The van der Waals surface area contributed by atoms with Crippen molar-refractivity contribution in [2.45, 2.75) is 53.0 Å². The van der Waals surface area contributed by atoms with E-state index in [0.29, 0.717) is 0 Å².